The average molecular weight is 242 g/mol. The zero-order chi connectivity index (χ0) is 12.8. The van der Waals surface area contributed by atoms with Gasteiger partial charge in [0.2, 0.25) is 5.91 Å². The van der Waals surface area contributed by atoms with Gasteiger partial charge in [0.25, 0.3) is 0 Å². The largest absolute Gasteiger partial charge is 0.481 e. The van der Waals surface area contributed by atoms with Crippen LogP contribution in [0.5, 0.6) is 0 Å². The Morgan fingerprint density at radius 1 is 1.47 bits per heavy atom. The Morgan fingerprint density at radius 3 is 2.65 bits per heavy atom. The van der Waals surface area contributed by atoms with Gasteiger partial charge in [0, 0.05) is 6.54 Å². The maximum atomic E-state index is 11.7. The van der Waals surface area contributed by atoms with E-state index in [0.717, 1.165) is 19.4 Å². The number of carboxylic acids is 1. The number of carbonyl (C=O) groups excluding carboxylic acids is 1. The van der Waals surface area contributed by atoms with Gasteiger partial charge in [-0.05, 0) is 31.7 Å². The summed E-state index contributed by atoms with van der Waals surface area (Å²) in [5, 5.41) is 14.9. The predicted molar refractivity (Wildman–Crippen MR) is 64.6 cm³/mol. The zero-order valence-corrected chi connectivity index (χ0v) is 10.5. The first-order chi connectivity index (χ1) is 8.00. The van der Waals surface area contributed by atoms with Gasteiger partial charge in [-0.1, -0.05) is 13.8 Å². The van der Waals surface area contributed by atoms with Crippen LogP contribution in [0, 0.1) is 11.8 Å². The lowest BCUT2D eigenvalue weighted by Crippen LogP contribution is -2.43. The summed E-state index contributed by atoms with van der Waals surface area (Å²) < 4.78 is 0. The van der Waals surface area contributed by atoms with Gasteiger partial charge in [0.15, 0.2) is 0 Å². The molecule has 1 aliphatic heterocycles. The van der Waals surface area contributed by atoms with Crippen molar-refractivity contribution in [3.63, 3.8) is 0 Å². The Bertz CT molecular complexity index is 273. The molecular formula is C12H22N2O3. The normalized spacial score (nSPS) is 21.5. The van der Waals surface area contributed by atoms with E-state index in [9.17, 15) is 9.59 Å². The van der Waals surface area contributed by atoms with Gasteiger partial charge in [-0.25, -0.2) is 0 Å². The van der Waals surface area contributed by atoms with E-state index in [-0.39, 0.29) is 18.5 Å². The van der Waals surface area contributed by atoms with Crippen LogP contribution in [0.15, 0.2) is 0 Å². The first kappa shape index (κ1) is 14.0. The van der Waals surface area contributed by atoms with Crippen molar-refractivity contribution in [1.82, 2.24) is 10.6 Å². The van der Waals surface area contributed by atoms with Crippen LogP contribution >= 0.6 is 0 Å². The molecule has 1 unspecified atom stereocenters. The second-order valence-corrected chi connectivity index (χ2v) is 5.06. The van der Waals surface area contributed by atoms with Crippen molar-refractivity contribution in [1.29, 1.82) is 0 Å². The van der Waals surface area contributed by atoms with Crippen LogP contribution < -0.4 is 10.6 Å². The third kappa shape index (κ3) is 4.73. The smallest absolute Gasteiger partial charge is 0.308 e. The number of nitrogens with one attached hydrogen (secondary N) is 2. The van der Waals surface area contributed by atoms with Crippen molar-refractivity contribution < 1.29 is 14.7 Å². The summed E-state index contributed by atoms with van der Waals surface area (Å²) in [4.78, 5) is 22.7. The SMILES string of the molecule is CC(C)CC(CNC(=O)[C@@H]1CCCN1)C(=O)O. The molecule has 2 atom stereocenters. The predicted octanol–water partition coefficient (Wildman–Crippen LogP) is 0.602. The number of carboxylic acid groups (broad SMARTS) is 1. The summed E-state index contributed by atoms with van der Waals surface area (Å²) in [5.41, 5.74) is 0. The summed E-state index contributed by atoms with van der Waals surface area (Å²) in [6.45, 7) is 5.06. The fourth-order valence-corrected chi connectivity index (χ4v) is 2.10. The molecule has 0 radical (unpaired) electrons. The summed E-state index contributed by atoms with van der Waals surface area (Å²) in [6, 6.07) is -0.136. The van der Waals surface area contributed by atoms with E-state index in [4.69, 9.17) is 5.11 Å². The van der Waals surface area contributed by atoms with Crippen molar-refractivity contribution in [3.8, 4) is 0 Å². The molecule has 3 N–H and O–H groups in total. The molecule has 17 heavy (non-hydrogen) atoms. The second-order valence-electron chi connectivity index (χ2n) is 5.06. The summed E-state index contributed by atoms with van der Waals surface area (Å²) >= 11 is 0. The molecule has 1 heterocycles. The van der Waals surface area contributed by atoms with Crippen LogP contribution in [0.2, 0.25) is 0 Å². The minimum atomic E-state index is -0.835. The Balaban J connectivity index is 2.35. The molecule has 5 heteroatoms. The molecular weight excluding hydrogens is 220 g/mol. The van der Waals surface area contributed by atoms with Crippen LogP contribution in [-0.2, 0) is 9.59 Å². The van der Waals surface area contributed by atoms with Crippen LogP contribution in [0.25, 0.3) is 0 Å². The molecule has 1 amide bonds. The van der Waals surface area contributed by atoms with Gasteiger partial charge in [0.05, 0.1) is 12.0 Å². The van der Waals surface area contributed by atoms with Crippen molar-refractivity contribution in [2.24, 2.45) is 11.8 Å². The third-order valence-corrected chi connectivity index (χ3v) is 3.00. The van der Waals surface area contributed by atoms with Gasteiger partial charge in [0.1, 0.15) is 0 Å². The summed E-state index contributed by atoms with van der Waals surface area (Å²) in [7, 11) is 0. The van der Waals surface area contributed by atoms with Crippen LogP contribution in [-0.4, -0.2) is 36.1 Å². The van der Waals surface area contributed by atoms with E-state index in [1.165, 1.54) is 0 Å². The van der Waals surface area contributed by atoms with Gasteiger partial charge in [-0.15, -0.1) is 0 Å². The number of hydrogen-bond acceptors (Lipinski definition) is 3. The standard InChI is InChI=1S/C12H22N2O3/c1-8(2)6-9(12(16)17)7-14-11(15)10-4-3-5-13-10/h8-10,13H,3-7H2,1-2H3,(H,14,15)(H,16,17)/t9?,10-/m0/s1. The number of carbonyl (C=O) groups is 2. The first-order valence-electron chi connectivity index (χ1n) is 6.24. The highest BCUT2D eigenvalue weighted by Gasteiger charge is 2.24. The highest BCUT2D eigenvalue weighted by atomic mass is 16.4. The molecule has 0 spiro atoms. The van der Waals surface area contributed by atoms with Crippen molar-refractivity contribution in [2.45, 2.75) is 39.2 Å². The maximum Gasteiger partial charge on any atom is 0.308 e. The first-order valence-corrected chi connectivity index (χ1v) is 6.24. The number of aliphatic carboxylic acids is 1. The summed E-state index contributed by atoms with van der Waals surface area (Å²) in [6.07, 6.45) is 2.44. The van der Waals surface area contributed by atoms with Crippen molar-refractivity contribution in [2.75, 3.05) is 13.1 Å². The topological polar surface area (TPSA) is 78.4 Å². The second kappa shape index (κ2) is 6.59. The molecule has 1 rings (SSSR count). The number of amides is 1. The van der Waals surface area contributed by atoms with E-state index in [1.807, 2.05) is 13.8 Å². The molecule has 0 bridgehead atoms. The van der Waals surface area contributed by atoms with Gasteiger partial charge in [-0.2, -0.15) is 0 Å². The molecule has 0 saturated carbocycles. The van der Waals surface area contributed by atoms with Crippen LogP contribution in [0.1, 0.15) is 33.1 Å². The quantitative estimate of drug-likeness (QED) is 0.637. The highest BCUT2D eigenvalue weighted by molar-refractivity contribution is 5.82. The third-order valence-electron chi connectivity index (χ3n) is 3.00. The Labute approximate surface area is 102 Å². The number of rotatable bonds is 6. The lowest BCUT2D eigenvalue weighted by Gasteiger charge is -2.17. The maximum absolute atomic E-state index is 11.7. The van der Waals surface area contributed by atoms with Crippen molar-refractivity contribution >= 4 is 11.9 Å². The Hall–Kier alpha value is -1.10. The molecule has 5 nitrogen and oxygen atoms in total. The lowest BCUT2D eigenvalue weighted by molar-refractivity contribution is -0.142. The van der Waals surface area contributed by atoms with Crippen LogP contribution in [0.3, 0.4) is 0 Å². The molecule has 0 aromatic heterocycles. The number of hydrogen-bond donors (Lipinski definition) is 3. The van der Waals surface area contributed by atoms with E-state index in [1.54, 1.807) is 0 Å². The zero-order valence-electron chi connectivity index (χ0n) is 10.5. The molecule has 1 fully saturated rings. The van der Waals surface area contributed by atoms with Crippen LogP contribution in [0.4, 0.5) is 0 Å². The van der Waals surface area contributed by atoms with Gasteiger partial charge in [-0.3, -0.25) is 9.59 Å². The minimum absolute atomic E-state index is 0.0718. The van der Waals surface area contributed by atoms with E-state index in [2.05, 4.69) is 10.6 Å². The molecule has 0 aromatic carbocycles. The van der Waals surface area contributed by atoms with E-state index in [0.29, 0.717) is 12.3 Å². The van der Waals surface area contributed by atoms with Gasteiger partial charge < -0.3 is 15.7 Å². The summed E-state index contributed by atoms with van der Waals surface area (Å²) in [5.74, 6) is -1.08. The van der Waals surface area contributed by atoms with Crippen molar-refractivity contribution in [3.05, 3.63) is 0 Å². The Morgan fingerprint density at radius 2 is 2.18 bits per heavy atom. The molecule has 0 aromatic rings. The highest BCUT2D eigenvalue weighted by Crippen LogP contribution is 2.11. The monoisotopic (exact) mass is 242 g/mol. The molecule has 1 aliphatic rings. The lowest BCUT2D eigenvalue weighted by atomic mass is 9.97. The van der Waals surface area contributed by atoms with E-state index < -0.39 is 11.9 Å². The van der Waals surface area contributed by atoms with E-state index >= 15 is 0 Å². The minimum Gasteiger partial charge on any atom is -0.481 e. The fraction of sp³-hybridized carbons (Fsp3) is 0.833. The average Bonchev–Trinajstić information content (AvgIpc) is 2.76. The molecule has 0 aliphatic carbocycles. The molecule has 98 valence electrons. The molecule has 1 saturated heterocycles. The fourth-order valence-electron chi connectivity index (χ4n) is 2.10. The van der Waals surface area contributed by atoms with Gasteiger partial charge >= 0.3 is 5.97 Å². The Kier molecular flexibility index (Phi) is 5.41.